The molecule has 0 aliphatic heterocycles. The van der Waals surface area contributed by atoms with E-state index in [1.807, 2.05) is 0 Å². The van der Waals surface area contributed by atoms with Crippen molar-refractivity contribution in [2.24, 2.45) is 0 Å². The van der Waals surface area contributed by atoms with Gasteiger partial charge >= 0.3 is 0 Å². The first kappa shape index (κ1) is 29.6. The Morgan fingerprint density at radius 3 is 0.788 bits per heavy atom. The van der Waals surface area contributed by atoms with E-state index in [-0.39, 0.29) is 10.4 Å². The molecule has 0 atom stereocenters. The SMILES string of the molecule is CC(C)[Si](C(C)C)(C(C)C)C1(OC2([Si](C(C)C)(C(C)C)C(C)C)CCCCC2)CCCCC1. The molecular weight excluding hydrogens is 433 g/mol. The van der Waals surface area contributed by atoms with E-state index in [1.165, 1.54) is 64.2 Å². The van der Waals surface area contributed by atoms with Crippen molar-refractivity contribution < 1.29 is 4.74 Å². The fraction of sp³-hybridized carbons (Fsp3) is 1.00. The summed E-state index contributed by atoms with van der Waals surface area (Å²) in [6.45, 7) is 31.0. The maximum atomic E-state index is 8.33. The summed E-state index contributed by atoms with van der Waals surface area (Å²) >= 11 is 0. The van der Waals surface area contributed by atoms with Crippen LogP contribution in [0.2, 0.25) is 33.2 Å². The Morgan fingerprint density at radius 1 is 0.394 bits per heavy atom. The first-order valence-electron chi connectivity index (χ1n) is 15.0. The highest BCUT2D eigenvalue weighted by Gasteiger charge is 2.66. The molecule has 2 saturated carbocycles. The molecule has 2 aliphatic rings. The van der Waals surface area contributed by atoms with Crippen LogP contribution in [-0.4, -0.2) is 26.6 Å². The molecule has 0 saturated heterocycles. The molecule has 0 aromatic carbocycles. The Hall–Kier alpha value is 0.394. The minimum atomic E-state index is -1.79. The summed E-state index contributed by atoms with van der Waals surface area (Å²) in [6.07, 6.45) is 13.7. The molecule has 0 bridgehead atoms. The van der Waals surface area contributed by atoms with E-state index in [2.05, 4.69) is 83.1 Å². The normalized spacial score (nSPS) is 22.4. The molecule has 0 heterocycles. The zero-order valence-corrected chi connectivity index (χ0v) is 26.9. The largest absolute Gasteiger partial charge is 0.375 e. The molecule has 0 aromatic heterocycles. The Kier molecular flexibility index (Phi) is 10.1. The fourth-order valence-corrected chi connectivity index (χ4v) is 28.6. The van der Waals surface area contributed by atoms with Gasteiger partial charge < -0.3 is 4.74 Å². The maximum Gasteiger partial charge on any atom is 0.0990 e. The van der Waals surface area contributed by atoms with Gasteiger partial charge in [0.1, 0.15) is 0 Å². The van der Waals surface area contributed by atoms with Crippen molar-refractivity contribution in [3.05, 3.63) is 0 Å². The summed E-state index contributed by atoms with van der Waals surface area (Å²) in [5, 5.41) is 0.325. The number of rotatable bonds is 10. The molecule has 2 fully saturated rings. The Labute approximate surface area is 211 Å². The minimum Gasteiger partial charge on any atom is -0.375 e. The lowest BCUT2D eigenvalue weighted by Crippen LogP contribution is -2.74. The van der Waals surface area contributed by atoms with E-state index in [9.17, 15) is 0 Å². The second-order valence-electron chi connectivity index (χ2n) is 14.0. The monoisotopic (exact) mass is 494 g/mol. The van der Waals surface area contributed by atoms with Crippen molar-refractivity contribution >= 4 is 16.1 Å². The second kappa shape index (κ2) is 11.2. The summed E-state index contributed by atoms with van der Waals surface area (Å²) in [6, 6.07) is 0. The predicted octanol–water partition coefficient (Wildman–Crippen LogP) is 10.8. The second-order valence-corrected chi connectivity index (χ2v) is 26.5. The van der Waals surface area contributed by atoms with Crippen molar-refractivity contribution in [3.8, 4) is 0 Å². The molecule has 0 unspecified atom stereocenters. The summed E-state index contributed by atoms with van der Waals surface area (Å²) in [4.78, 5) is 0. The molecule has 196 valence electrons. The van der Waals surface area contributed by atoms with Crippen LogP contribution < -0.4 is 0 Å². The third-order valence-electron chi connectivity index (χ3n) is 11.0. The summed E-state index contributed by atoms with van der Waals surface area (Å²) in [5.41, 5.74) is 4.61. The molecule has 3 heteroatoms. The molecule has 2 aliphatic carbocycles. The van der Waals surface area contributed by atoms with Crippen LogP contribution in [0, 0.1) is 0 Å². The molecule has 33 heavy (non-hydrogen) atoms. The van der Waals surface area contributed by atoms with E-state index in [1.54, 1.807) is 0 Å². The molecule has 0 amide bonds. The predicted molar refractivity (Wildman–Crippen MR) is 155 cm³/mol. The maximum absolute atomic E-state index is 8.33. The molecular formula is C30H62OSi2. The minimum absolute atomic E-state index is 0.163. The lowest BCUT2D eigenvalue weighted by molar-refractivity contribution is -0.117. The van der Waals surface area contributed by atoms with Gasteiger partial charge in [-0.2, -0.15) is 0 Å². The Balaban J connectivity index is 2.84. The van der Waals surface area contributed by atoms with Gasteiger partial charge in [-0.3, -0.25) is 0 Å². The van der Waals surface area contributed by atoms with Gasteiger partial charge in [-0.25, -0.2) is 0 Å². The average Bonchev–Trinajstić information content (AvgIpc) is 2.68. The van der Waals surface area contributed by atoms with Crippen molar-refractivity contribution in [1.29, 1.82) is 0 Å². The third kappa shape index (κ3) is 4.63. The van der Waals surface area contributed by atoms with Gasteiger partial charge in [0.05, 0.1) is 26.6 Å². The average molecular weight is 495 g/mol. The zero-order valence-electron chi connectivity index (χ0n) is 24.9. The highest BCUT2D eigenvalue weighted by atomic mass is 28.3. The standard InChI is InChI=1S/C30H62OSi2/c1-23(2)32(24(3)4,25(5)6)29(19-15-13-16-20-29)31-30(21-17-14-18-22-30)33(26(7)8,27(9)10)28(11)12/h23-28H,13-22H2,1-12H3. The summed E-state index contributed by atoms with van der Waals surface area (Å²) < 4.78 is 8.33. The van der Waals surface area contributed by atoms with Gasteiger partial charge in [0.15, 0.2) is 0 Å². The van der Waals surface area contributed by atoms with Gasteiger partial charge in [-0.1, -0.05) is 122 Å². The number of hydrogen-bond donors (Lipinski definition) is 0. The topological polar surface area (TPSA) is 9.23 Å². The van der Waals surface area contributed by atoms with Gasteiger partial charge in [0, 0.05) is 0 Å². The van der Waals surface area contributed by atoms with E-state index in [0.29, 0.717) is 0 Å². The third-order valence-corrected chi connectivity index (χ3v) is 26.8. The van der Waals surface area contributed by atoms with Crippen LogP contribution in [0.25, 0.3) is 0 Å². The summed E-state index contributed by atoms with van der Waals surface area (Å²) in [7, 11) is -3.58. The first-order chi connectivity index (χ1) is 15.3. The Morgan fingerprint density at radius 2 is 0.606 bits per heavy atom. The quantitative estimate of drug-likeness (QED) is 0.274. The smallest absolute Gasteiger partial charge is 0.0990 e. The molecule has 0 aromatic rings. The lowest BCUT2D eigenvalue weighted by Gasteiger charge is -2.66. The van der Waals surface area contributed by atoms with Crippen molar-refractivity contribution in [3.63, 3.8) is 0 Å². The van der Waals surface area contributed by atoms with E-state index in [0.717, 1.165) is 33.2 Å². The molecule has 2 rings (SSSR count). The van der Waals surface area contributed by atoms with Crippen LogP contribution in [-0.2, 0) is 4.74 Å². The number of ether oxygens (including phenoxy) is 1. The summed E-state index contributed by atoms with van der Waals surface area (Å²) in [5.74, 6) is 0. The van der Waals surface area contributed by atoms with Crippen molar-refractivity contribution in [2.45, 2.75) is 191 Å². The van der Waals surface area contributed by atoms with Crippen LogP contribution in [0.4, 0.5) is 0 Å². The zero-order chi connectivity index (χ0) is 25.2. The highest BCUT2D eigenvalue weighted by molar-refractivity contribution is 6.87. The van der Waals surface area contributed by atoms with Gasteiger partial charge in [-0.05, 0) is 58.9 Å². The van der Waals surface area contributed by atoms with Crippen LogP contribution >= 0.6 is 0 Å². The van der Waals surface area contributed by atoms with Crippen LogP contribution in [0.5, 0.6) is 0 Å². The Bertz CT molecular complexity index is 497. The number of hydrogen-bond acceptors (Lipinski definition) is 1. The highest BCUT2D eigenvalue weighted by Crippen LogP contribution is 2.61. The van der Waals surface area contributed by atoms with Gasteiger partial charge in [0.25, 0.3) is 0 Å². The van der Waals surface area contributed by atoms with Crippen molar-refractivity contribution in [1.82, 2.24) is 0 Å². The van der Waals surface area contributed by atoms with Gasteiger partial charge in [-0.15, -0.1) is 0 Å². The molecule has 0 radical (unpaired) electrons. The molecule has 0 spiro atoms. The molecule has 0 N–H and O–H groups in total. The molecule has 1 nitrogen and oxygen atoms in total. The lowest BCUT2D eigenvalue weighted by atomic mass is 9.93. The van der Waals surface area contributed by atoms with Crippen LogP contribution in [0.3, 0.4) is 0 Å². The first-order valence-corrected chi connectivity index (χ1v) is 19.4. The van der Waals surface area contributed by atoms with E-state index >= 15 is 0 Å². The van der Waals surface area contributed by atoms with Crippen molar-refractivity contribution in [2.75, 3.05) is 0 Å². The fourth-order valence-electron chi connectivity index (χ4n) is 11.0. The van der Waals surface area contributed by atoms with Crippen LogP contribution in [0.15, 0.2) is 0 Å². The van der Waals surface area contributed by atoms with Gasteiger partial charge in [0.2, 0.25) is 0 Å². The van der Waals surface area contributed by atoms with E-state index in [4.69, 9.17) is 4.74 Å². The van der Waals surface area contributed by atoms with Crippen LogP contribution in [0.1, 0.15) is 147 Å². The van der Waals surface area contributed by atoms with E-state index < -0.39 is 16.1 Å².